The molecule has 112 valence electrons. The molecule has 1 heterocycles. The van der Waals surface area contributed by atoms with Crippen LogP contribution in [-0.4, -0.2) is 10.2 Å². The molecule has 0 bridgehead atoms. The summed E-state index contributed by atoms with van der Waals surface area (Å²) in [6.07, 6.45) is 1.88. The maximum absolute atomic E-state index is 4.19. The molecule has 0 aliphatic heterocycles. The van der Waals surface area contributed by atoms with E-state index in [0.29, 0.717) is 0 Å². The van der Waals surface area contributed by atoms with Crippen molar-refractivity contribution in [2.24, 2.45) is 0 Å². The lowest BCUT2D eigenvalue weighted by Crippen LogP contribution is -2.00. The quantitative estimate of drug-likeness (QED) is 0.685. The largest absolute Gasteiger partial charge is 0.381 e. The number of aryl methyl sites for hydroxylation is 2. The molecule has 3 aromatic rings. The second kappa shape index (κ2) is 6.36. The topological polar surface area (TPSA) is 40.7 Å². The number of nitrogens with zero attached hydrogens (tertiary/aromatic N) is 1. The highest BCUT2D eigenvalue weighted by molar-refractivity contribution is 9.10. The van der Waals surface area contributed by atoms with Crippen LogP contribution < -0.4 is 5.32 Å². The van der Waals surface area contributed by atoms with Gasteiger partial charge >= 0.3 is 0 Å². The molecule has 3 nitrogen and oxygen atoms in total. The first-order valence-corrected chi connectivity index (χ1v) is 8.02. The van der Waals surface area contributed by atoms with Crippen LogP contribution >= 0.6 is 15.9 Å². The van der Waals surface area contributed by atoms with Crippen molar-refractivity contribution in [3.8, 4) is 11.3 Å². The Kier molecular flexibility index (Phi) is 4.29. The lowest BCUT2D eigenvalue weighted by molar-refractivity contribution is 1.09. The van der Waals surface area contributed by atoms with Gasteiger partial charge in [-0.15, -0.1) is 0 Å². The molecular weight excluding hydrogens is 338 g/mol. The number of rotatable bonds is 4. The van der Waals surface area contributed by atoms with E-state index in [9.17, 15) is 0 Å². The van der Waals surface area contributed by atoms with Crippen LogP contribution in [-0.2, 0) is 6.54 Å². The Morgan fingerprint density at radius 2 is 1.86 bits per heavy atom. The first-order valence-electron chi connectivity index (χ1n) is 7.23. The van der Waals surface area contributed by atoms with E-state index in [0.717, 1.165) is 33.5 Å². The molecule has 0 spiro atoms. The smallest absolute Gasteiger partial charge is 0.0700 e. The molecule has 0 saturated heterocycles. The van der Waals surface area contributed by atoms with Crippen molar-refractivity contribution >= 4 is 21.6 Å². The summed E-state index contributed by atoms with van der Waals surface area (Å²) in [4.78, 5) is 0. The molecule has 3 rings (SSSR count). The van der Waals surface area contributed by atoms with Crippen LogP contribution in [0.5, 0.6) is 0 Å². The number of H-pyrrole nitrogens is 1. The fraction of sp³-hybridized carbons (Fsp3) is 0.167. The van der Waals surface area contributed by atoms with Crippen LogP contribution in [0.25, 0.3) is 11.3 Å². The van der Waals surface area contributed by atoms with Gasteiger partial charge in [0.1, 0.15) is 0 Å². The number of hydrogen-bond donors (Lipinski definition) is 2. The van der Waals surface area contributed by atoms with Gasteiger partial charge in [-0.05, 0) is 43.2 Å². The molecule has 22 heavy (non-hydrogen) atoms. The van der Waals surface area contributed by atoms with Crippen LogP contribution in [0.4, 0.5) is 5.69 Å². The number of aromatic amines is 1. The zero-order valence-electron chi connectivity index (χ0n) is 12.7. The normalized spacial score (nSPS) is 10.7. The Morgan fingerprint density at radius 1 is 1.09 bits per heavy atom. The van der Waals surface area contributed by atoms with Crippen molar-refractivity contribution in [2.45, 2.75) is 20.4 Å². The van der Waals surface area contributed by atoms with Crippen molar-refractivity contribution in [1.82, 2.24) is 10.2 Å². The molecule has 0 aliphatic carbocycles. The Morgan fingerprint density at radius 3 is 2.59 bits per heavy atom. The third kappa shape index (κ3) is 3.22. The van der Waals surface area contributed by atoms with Crippen molar-refractivity contribution in [2.75, 3.05) is 5.32 Å². The minimum atomic E-state index is 0.737. The fourth-order valence-electron chi connectivity index (χ4n) is 2.37. The molecule has 4 heteroatoms. The molecule has 0 aliphatic rings. The lowest BCUT2D eigenvalue weighted by atomic mass is 10.1. The Hall–Kier alpha value is -2.07. The molecule has 0 amide bonds. The van der Waals surface area contributed by atoms with E-state index >= 15 is 0 Å². The van der Waals surface area contributed by atoms with Crippen molar-refractivity contribution in [1.29, 1.82) is 0 Å². The van der Waals surface area contributed by atoms with Gasteiger partial charge in [0.15, 0.2) is 0 Å². The molecule has 0 fully saturated rings. The third-order valence-corrected chi connectivity index (χ3v) is 4.59. The van der Waals surface area contributed by atoms with E-state index in [2.05, 4.69) is 87.8 Å². The summed E-state index contributed by atoms with van der Waals surface area (Å²) in [5, 5.41) is 10.7. The maximum atomic E-state index is 4.19. The highest BCUT2D eigenvalue weighted by atomic mass is 79.9. The monoisotopic (exact) mass is 355 g/mol. The summed E-state index contributed by atoms with van der Waals surface area (Å²) in [6.45, 7) is 4.92. The van der Waals surface area contributed by atoms with Crippen molar-refractivity contribution in [3.05, 3.63) is 69.8 Å². The average Bonchev–Trinajstić information content (AvgIpc) is 2.98. The van der Waals surface area contributed by atoms with Crippen LogP contribution in [0, 0.1) is 13.8 Å². The SMILES string of the molecule is Cc1ccc(-c2[nH]ncc2CNc2ccc(Br)c(C)c2)cc1. The van der Waals surface area contributed by atoms with Gasteiger partial charge in [0.05, 0.1) is 11.9 Å². The predicted octanol–water partition coefficient (Wildman–Crippen LogP) is 5.07. The number of anilines is 1. The molecule has 2 N–H and O–H groups in total. The van der Waals surface area contributed by atoms with Crippen LogP contribution in [0.1, 0.15) is 16.7 Å². The zero-order valence-corrected chi connectivity index (χ0v) is 14.2. The minimum absolute atomic E-state index is 0.737. The summed E-state index contributed by atoms with van der Waals surface area (Å²) in [5.74, 6) is 0. The highest BCUT2D eigenvalue weighted by Crippen LogP contribution is 2.24. The maximum Gasteiger partial charge on any atom is 0.0700 e. The number of benzene rings is 2. The van der Waals surface area contributed by atoms with Crippen LogP contribution in [0.3, 0.4) is 0 Å². The second-order valence-electron chi connectivity index (χ2n) is 5.45. The van der Waals surface area contributed by atoms with Gasteiger partial charge in [-0.25, -0.2) is 0 Å². The van der Waals surface area contributed by atoms with Crippen molar-refractivity contribution in [3.63, 3.8) is 0 Å². The fourth-order valence-corrected chi connectivity index (χ4v) is 2.61. The summed E-state index contributed by atoms with van der Waals surface area (Å²) in [5.41, 5.74) is 6.97. The van der Waals surface area contributed by atoms with Gasteiger partial charge in [0.2, 0.25) is 0 Å². The Bertz CT molecular complexity index is 775. The number of nitrogens with one attached hydrogen (secondary N) is 2. The van der Waals surface area contributed by atoms with E-state index in [1.807, 2.05) is 6.20 Å². The molecule has 2 aromatic carbocycles. The van der Waals surface area contributed by atoms with Gasteiger partial charge < -0.3 is 5.32 Å². The Balaban J connectivity index is 1.77. The molecule has 0 saturated carbocycles. The average molecular weight is 356 g/mol. The minimum Gasteiger partial charge on any atom is -0.381 e. The third-order valence-electron chi connectivity index (χ3n) is 3.70. The number of halogens is 1. The molecule has 0 unspecified atom stereocenters. The van der Waals surface area contributed by atoms with E-state index in [1.165, 1.54) is 11.1 Å². The first kappa shape index (κ1) is 14.9. The summed E-state index contributed by atoms with van der Waals surface area (Å²) >= 11 is 3.52. The summed E-state index contributed by atoms with van der Waals surface area (Å²) in [6, 6.07) is 14.7. The predicted molar refractivity (Wildman–Crippen MR) is 95.0 cm³/mol. The van der Waals surface area contributed by atoms with Crippen LogP contribution in [0.15, 0.2) is 53.1 Å². The number of aromatic nitrogens is 2. The van der Waals surface area contributed by atoms with E-state index in [-0.39, 0.29) is 0 Å². The van der Waals surface area contributed by atoms with E-state index in [4.69, 9.17) is 0 Å². The number of hydrogen-bond acceptors (Lipinski definition) is 2. The van der Waals surface area contributed by atoms with Gasteiger partial charge in [-0.2, -0.15) is 5.10 Å². The second-order valence-corrected chi connectivity index (χ2v) is 6.31. The molecular formula is C18H18BrN3. The van der Waals surface area contributed by atoms with Gasteiger partial charge in [-0.3, -0.25) is 5.10 Å². The Labute approximate surface area is 138 Å². The highest BCUT2D eigenvalue weighted by Gasteiger charge is 2.07. The van der Waals surface area contributed by atoms with Crippen molar-refractivity contribution < 1.29 is 0 Å². The van der Waals surface area contributed by atoms with Crippen LogP contribution in [0.2, 0.25) is 0 Å². The van der Waals surface area contributed by atoms with Gasteiger partial charge in [-0.1, -0.05) is 45.8 Å². The summed E-state index contributed by atoms with van der Waals surface area (Å²) in [7, 11) is 0. The van der Waals surface area contributed by atoms with Gasteiger partial charge in [0.25, 0.3) is 0 Å². The molecule has 0 atom stereocenters. The zero-order chi connectivity index (χ0) is 15.5. The van der Waals surface area contributed by atoms with E-state index < -0.39 is 0 Å². The lowest BCUT2D eigenvalue weighted by Gasteiger charge is -2.09. The first-order chi connectivity index (χ1) is 10.6. The summed E-state index contributed by atoms with van der Waals surface area (Å²) < 4.78 is 1.13. The molecule has 0 radical (unpaired) electrons. The van der Waals surface area contributed by atoms with Gasteiger partial charge in [0, 0.05) is 22.3 Å². The van der Waals surface area contributed by atoms with E-state index in [1.54, 1.807) is 0 Å². The molecule has 1 aromatic heterocycles. The standard InChI is InChI=1S/C18H18BrN3/c1-12-3-5-14(6-4-12)18-15(11-21-22-18)10-20-16-7-8-17(19)13(2)9-16/h3-9,11,20H,10H2,1-2H3,(H,21,22).